The molecule has 2 fully saturated rings. The van der Waals surface area contributed by atoms with Crippen LogP contribution in [0.5, 0.6) is 0 Å². The zero-order valence-corrected chi connectivity index (χ0v) is 13.1. The van der Waals surface area contributed by atoms with Crippen LogP contribution >= 0.6 is 0 Å². The average Bonchev–Trinajstić information content (AvgIpc) is 3.19. The van der Waals surface area contributed by atoms with Crippen molar-refractivity contribution in [3.63, 3.8) is 0 Å². The maximum absolute atomic E-state index is 12.5. The van der Waals surface area contributed by atoms with E-state index in [4.69, 9.17) is 5.73 Å². The van der Waals surface area contributed by atoms with E-state index in [1.165, 1.54) is 19.0 Å². The largest absolute Gasteiger partial charge is 0.365 e. The molecule has 3 rings (SSSR count). The van der Waals surface area contributed by atoms with Crippen LogP contribution in [0.1, 0.15) is 61.5 Å². The molecule has 3 N–H and O–H groups in total. The number of aromatic nitrogens is 2. The Balaban J connectivity index is 1.68. The Morgan fingerprint density at radius 1 is 1.32 bits per heavy atom. The van der Waals surface area contributed by atoms with Crippen LogP contribution in [-0.4, -0.2) is 40.0 Å². The van der Waals surface area contributed by atoms with Gasteiger partial charge in [-0.15, -0.1) is 0 Å². The van der Waals surface area contributed by atoms with E-state index in [0.29, 0.717) is 11.5 Å². The van der Waals surface area contributed by atoms with Crippen molar-refractivity contribution < 1.29 is 9.59 Å². The Hall–Kier alpha value is -1.85. The van der Waals surface area contributed by atoms with Crippen molar-refractivity contribution in [3.05, 3.63) is 17.5 Å². The van der Waals surface area contributed by atoms with Crippen LogP contribution in [0, 0.1) is 5.92 Å². The average molecular weight is 304 g/mol. The minimum absolute atomic E-state index is 0.173. The molecule has 0 atom stereocenters. The van der Waals surface area contributed by atoms with Crippen molar-refractivity contribution >= 4 is 11.8 Å². The van der Waals surface area contributed by atoms with E-state index in [9.17, 15) is 9.59 Å². The van der Waals surface area contributed by atoms with Crippen LogP contribution in [0.2, 0.25) is 0 Å². The van der Waals surface area contributed by atoms with Gasteiger partial charge in [-0.3, -0.25) is 14.7 Å². The molecule has 0 radical (unpaired) electrons. The van der Waals surface area contributed by atoms with Gasteiger partial charge in [-0.05, 0) is 25.7 Å². The molecular formula is C16H24N4O2. The molecule has 0 bridgehead atoms. The smallest absolute Gasteiger partial charge is 0.252 e. The number of nitrogens with one attached hydrogen (secondary N) is 1. The van der Waals surface area contributed by atoms with Crippen LogP contribution in [0.15, 0.2) is 6.20 Å². The molecule has 0 aromatic carbocycles. The zero-order chi connectivity index (χ0) is 15.7. The Morgan fingerprint density at radius 2 is 1.95 bits per heavy atom. The Labute approximate surface area is 130 Å². The lowest BCUT2D eigenvalue weighted by molar-refractivity contribution is -0.136. The maximum atomic E-state index is 12.5. The summed E-state index contributed by atoms with van der Waals surface area (Å²) >= 11 is 0. The summed E-state index contributed by atoms with van der Waals surface area (Å²) in [5, 5.41) is 6.92. The number of piperidine rings is 1. The number of nitrogens with two attached hydrogens (primary N) is 1. The summed E-state index contributed by atoms with van der Waals surface area (Å²) in [6.07, 6.45) is 7.59. The summed E-state index contributed by atoms with van der Waals surface area (Å²) in [5.74, 6) is 0.103. The first-order valence-electron chi connectivity index (χ1n) is 8.14. The van der Waals surface area contributed by atoms with Gasteiger partial charge in [0.1, 0.15) is 0 Å². The molecule has 1 aromatic heterocycles. The van der Waals surface area contributed by atoms with Gasteiger partial charge >= 0.3 is 0 Å². The molecule has 6 heteroatoms. The molecule has 2 heterocycles. The zero-order valence-electron chi connectivity index (χ0n) is 13.1. The number of rotatable bonds is 3. The summed E-state index contributed by atoms with van der Waals surface area (Å²) in [4.78, 5) is 26.0. The van der Waals surface area contributed by atoms with Crippen molar-refractivity contribution in [1.82, 2.24) is 15.1 Å². The number of aromatic amines is 1. The van der Waals surface area contributed by atoms with E-state index < -0.39 is 5.91 Å². The number of amides is 2. The fourth-order valence-corrected chi connectivity index (χ4v) is 3.83. The molecule has 6 nitrogen and oxygen atoms in total. The van der Waals surface area contributed by atoms with Gasteiger partial charge in [0.15, 0.2) is 0 Å². The van der Waals surface area contributed by atoms with Gasteiger partial charge in [-0.1, -0.05) is 19.8 Å². The number of hydrogen-bond donors (Lipinski definition) is 2. The van der Waals surface area contributed by atoms with Gasteiger partial charge in [0.2, 0.25) is 5.91 Å². The monoisotopic (exact) mass is 304 g/mol. The second kappa shape index (κ2) is 5.74. The molecule has 120 valence electrons. The van der Waals surface area contributed by atoms with Crippen LogP contribution in [0.25, 0.3) is 0 Å². The second-order valence-electron chi connectivity index (χ2n) is 6.89. The van der Waals surface area contributed by atoms with Crippen LogP contribution < -0.4 is 5.73 Å². The molecule has 2 aliphatic rings. The van der Waals surface area contributed by atoms with Crippen molar-refractivity contribution in [1.29, 1.82) is 0 Å². The predicted molar refractivity (Wildman–Crippen MR) is 82.2 cm³/mol. The van der Waals surface area contributed by atoms with Crippen LogP contribution in [0.3, 0.4) is 0 Å². The highest BCUT2D eigenvalue weighted by molar-refractivity contribution is 5.94. The fraction of sp³-hybridized carbons (Fsp3) is 0.688. The third kappa shape index (κ3) is 2.62. The van der Waals surface area contributed by atoms with Crippen molar-refractivity contribution in [2.75, 3.05) is 13.1 Å². The van der Waals surface area contributed by atoms with E-state index in [2.05, 4.69) is 17.1 Å². The number of primary amides is 1. The summed E-state index contributed by atoms with van der Waals surface area (Å²) in [6.45, 7) is 3.59. The Morgan fingerprint density at radius 3 is 2.55 bits per heavy atom. The molecular weight excluding hydrogens is 280 g/mol. The summed E-state index contributed by atoms with van der Waals surface area (Å²) in [5.41, 5.74) is 6.53. The van der Waals surface area contributed by atoms with Crippen molar-refractivity contribution in [3.8, 4) is 0 Å². The van der Waals surface area contributed by atoms with E-state index in [1.54, 1.807) is 0 Å². The minimum Gasteiger partial charge on any atom is -0.365 e. The highest BCUT2D eigenvalue weighted by Crippen LogP contribution is 2.37. The van der Waals surface area contributed by atoms with Crippen molar-refractivity contribution in [2.24, 2.45) is 11.7 Å². The number of carbonyl (C=O) groups excluding carboxylic acids is 2. The standard InChI is InChI=1S/C16H24N4O2/c1-16(13-12(14(17)21)10-18-19-13)6-8-20(9-7-16)15(22)11-4-2-3-5-11/h10-11H,2-9H2,1H3,(H2,17,21)(H,18,19). The van der Waals surface area contributed by atoms with Gasteiger partial charge in [-0.25, -0.2) is 0 Å². The Kier molecular flexibility index (Phi) is 3.93. The number of likely N-dealkylation sites (tertiary alicyclic amines) is 1. The molecule has 1 aliphatic heterocycles. The van der Waals surface area contributed by atoms with E-state index in [-0.39, 0.29) is 11.3 Å². The third-order valence-electron chi connectivity index (χ3n) is 5.39. The molecule has 0 unspecified atom stereocenters. The van der Waals surface area contributed by atoms with Gasteiger partial charge in [0.05, 0.1) is 17.5 Å². The molecule has 1 aromatic rings. The maximum Gasteiger partial charge on any atom is 0.252 e. The van der Waals surface area contributed by atoms with Crippen molar-refractivity contribution in [2.45, 2.75) is 50.9 Å². The topological polar surface area (TPSA) is 92.1 Å². The van der Waals surface area contributed by atoms with Crippen LogP contribution in [-0.2, 0) is 10.2 Å². The van der Waals surface area contributed by atoms with E-state index in [1.807, 2.05) is 4.90 Å². The van der Waals surface area contributed by atoms with E-state index >= 15 is 0 Å². The number of carbonyl (C=O) groups is 2. The molecule has 1 aliphatic carbocycles. The summed E-state index contributed by atoms with van der Waals surface area (Å²) in [6, 6.07) is 0. The molecule has 1 saturated carbocycles. The van der Waals surface area contributed by atoms with Gasteiger partial charge < -0.3 is 10.6 Å². The molecule has 0 spiro atoms. The van der Waals surface area contributed by atoms with E-state index in [0.717, 1.165) is 44.5 Å². The lowest BCUT2D eigenvalue weighted by Crippen LogP contribution is -2.46. The first-order valence-corrected chi connectivity index (χ1v) is 8.14. The summed E-state index contributed by atoms with van der Waals surface area (Å²) < 4.78 is 0. The quantitative estimate of drug-likeness (QED) is 0.888. The third-order valence-corrected chi connectivity index (χ3v) is 5.39. The number of hydrogen-bond acceptors (Lipinski definition) is 3. The second-order valence-corrected chi connectivity index (χ2v) is 6.89. The molecule has 2 amide bonds. The lowest BCUT2D eigenvalue weighted by Gasteiger charge is -2.40. The predicted octanol–water partition coefficient (Wildman–Crippen LogP) is 1.58. The fourth-order valence-electron chi connectivity index (χ4n) is 3.83. The highest BCUT2D eigenvalue weighted by Gasteiger charge is 2.38. The minimum atomic E-state index is -0.450. The molecule has 1 saturated heterocycles. The SMILES string of the molecule is CC1(c2[nH]ncc2C(N)=O)CCN(C(=O)C2CCCC2)CC1. The van der Waals surface area contributed by atoms with Gasteiger partial charge in [0.25, 0.3) is 5.91 Å². The number of nitrogens with zero attached hydrogens (tertiary/aromatic N) is 2. The van der Waals surface area contributed by atoms with Gasteiger partial charge in [-0.2, -0.15) is 5.10 Å². The highest BCUT2D eigenvalue weighted by atomic mass is 16.2. The normalized spacial score (nSPS) is 22.0. The first kappa shape index (κ1) is 15.1. The first-order chi connectivity index (χ1) is 10.5. The summed E-state index contributed by atoms with van der Waals surface area (Å²) in [7, 11) is 0. The Bertz CT molecular complexity index is 566. The number of H-pyrrole nitrogens is 1. The van der Waals surface area contributed by atoms with Crippen LogP contribution in [0.4, 0.5) is 0 Å². The lowest BCUT2D eigenvalue weighted by atomic mass is 9.76. The molecule has 22 heavy (non-hydrogen) atoms. The van der Waals surface area contributed by atoms with Gasteiger partial charge in [0, 0.05) is 24.4 Å².